The Balaban J connectivity index is 2.14. The Labute approximate surface area is 113 Å². The Morgan fingerprint density at radius 3 is 2.76 bits per heavy atom. The van der Waals surface area contributed by atoms with Crippen LogP contribution in [0, 0.1) is 12.3 Å². The average molecular weight is 297 g/mol. The van der Waals surface area contributed by atoms with Crippen molar-refractivity contribution in [2.45, 2.75) is 40.0 Å². The van der Waals surface area contributed by atoms with Crippen LogP contribution in [0.3, 0.4) is 0 Å². The van der Waals surface area contributed by atoms with Gasteiger partial charge >= 0.3 is 0 Å². The maximum absolute atomic E-state index is 4.53. The summed E-state index contributed by atoms with van der Waals surface area (Å²) in [5.74, 6) is 1.13. The van der Waals surface area contributed by atoms with Crippen LogP contribution in [0.15, 0.2) is 16.7 Å². The van der Waals surface area contributed by atoms with Gasteiger partial charge in [-0.15, -0.1) is 0 Å². The van der Waals surface area contributed by atoms with E-state index in [2.05, 4.69) is 52.7 Å². The summed E-state index contributed by atoms with van der Waals surface area (Å²) in [4.78, 5) is 6.96. The van der Waals surface area contributed by atoms with Crippen LogP contribution in [-0.4, -0.2) is 18.1 Å². The van der Waals surface area contributed by atoms with Gasteiger partial charge in [-0.1, -0.05) is 13.8 Å². The maximum atomic E-state index is 4.53. The highest BCUT2D eigenvalue weighted by Crippen LogP contribution is 2.31. The van der Waals surface area contributed by atoms with Crippen LogP contribution >= 0.6 is 15.9 Å². The minimum Gasteiger partial charge on any atom is -0.357 e. The number of rotatable bonds is 1. The van der Waals surface area contributed by atoms with Crippen LogP contribution in [0.4, 0.5) is 5.82 Å². The van der Waals surface area contributed by atoms with E-state index in [0.29, 0.717) is 5.41 Å². The molecule has 0 amide bonds. The third-order valence-corrected chi connectivity index (χ3v) is 4.53. The average Bonchev–Trinajstić information content (AvgIpc) is 2.44. The van der Waals surface area contributed by atoms with Crippen molar-refractivity contribution >= 4 is 21.7 Å². The lowest BCUT2D eigenvalue weighted by Gasteiger charge is -2.24. The SMILES string of the molecule is Cc1cc(N2CCCC(C)(C)CC2)ncc1Br. The minimum absolute atomic E-state index is 0.485. The van der Waals surface area contributed by atoms with E-state index >= 15 is 0 Å². The van der Waals surface area contributed by atoms with Crippen LogP contribution < -0.4 is 4.90 Å². The Bertz CT molecular complexity index is 401. The molecule has 17 heavy (non-hydrogen) atoms. The molecule has 1 saturated heterocycles. The first kappa shape index (κ1) is 12.9. The molecule has 2 rings (SSSR count). The van der Waals surface area contributed by atoms with Gasteiger partial charge in [0.2, 0.25) is 0 Å². The van der Waals surface area contributed by atoms with E-state index in [1.54, 1.807) is 0 Å². The van der Waals surface area contributed by atoms with E-state index in [-0.39, 0.29) is 0 Å². The molecule has 0 radical (unpaired) electrons. The van der Waals surface area contributed by atoms with Gasteiger partial charge in [-0.25, -0.2) is 4.98 Å². The zero-order chi connectivity index (χ0) is 12.5. The molecule has 1 fully saturated rings. The van der Waals surface area contributed by atoms with Crippen molar-refractivity contribution in [1.29, 1.82) is 0 Å². The lowest BCUT2D eigenvalue weighted by Crippen LogP contribution is -2.25. The van der Waals surface area contributed by atoms with Crippen molar-refractivity contribution in [3.8, 4) is 0 Å². The van der Waals surface area contributed by atoms with Crippen molar-refractivity contribution < 1.29 is 0 Å². The number of aromatic nitrogens is 1. The number of hydrogen-bond donors (Lipinski definition) is 0. The fraction of sp³-hybridized carbons (Fsp3) is 0.643. The number of aryl methyl sites for hydroxylation is 1. The highest BCUT2D eigenvalue weighted by molar-refractivity contribution is 9.10. The van der Waals surface area contributed by atoms with Gasteiger partial charge in [0.25, 0.3) is 0 Å². The lowest BCUT2D eigenvalue weighted by molar-refractivity contribution is 0.325. The highest BCUT2D eigenvalue weighted by Gasteiger charge is 2.23. The van der Waals surface area contributed by atoms with E-state index in [9.17, 15) is 0 Å². The summed E-state index contributed by atoms with van der Waals surface area (Å²) in [6.07, 6.45) is 5.76. The summed E-state index contributed by atoms with van der Waals surface area (Å²) in [6, 6.07) is 2.18. The van der Waals surface area contributed by atoms with Gasteiger partial charge < -0.3 is 4.90 Å². The van der Waals surface area contributed by atoms with Crippen LogP contribution in [0.5, 0.6) is 0 Å². The van der Waals surface area contributed by atoms with E-state index in [1.807, 2.05) is 6.20 Å². The minimum atomic E-state index is 0.485. The molecule has 0 unspecified atom stereocenters. The van der Waals surface area contributed by atoms with Crippen molar-refractivity contribution in [2.24, 2.45) is 5.41 Å². The standard InChI is InChI=1S/C14H21BrN2/c1-11-9-13(16-10-12(11)15)17-7-4-5-14(2,3)6-8-17/h9-10H,4-8H2,1-3H3. The van der Waals surface area contributed by atoms with Crippen molar-refractivity contribution in [1.82, 2.24) is 4.98 Å². The number of hydrogen-bond acceptors (Lipinski definition) is 2. The quantitative estimate of drug-likeness (QED) is 0.773. The molecule has 0 aliphatic carbocycles. The summed E-state index contributed by atoms with van der Waals surface area (Å²) < 4.78 is 1.09. The summed E-state index contributed by atoms with van der Waals surface area (Å²) in [5, 5.41) is 0. The molecule has 0 saturated carbocycles. The molecule has 1 aromatic rings. The van der Waals surface area contributed by atoms with Crippen molar-refractivity contribution in [3.63, 3.8) is 0 Å². The van der Waals surface area contributed by atoms with Gasteiger partial charge in [-0.2, -0.15) is 0 Å². The molecule has 1 aromatic heterocycles. The molecule has 0 bridgehead atoms. The van der Waals surface area contributed by atoms with Crippen LogP contribution in [0.1, 0.15) is 38.7 Å². The van der Waals surface area contributed by atoms with Crippen molar-refractivity contribution in [2.75, 3.05) is 18.0 Å². The largest absolute Gasteiger partial charge is 0.357 e. The molecule has 1 aliphatic rings. The second-order valence-electron chi connectivity index (χ2n) is 5.80. The first-order valence-corrected chi connectivity index (χ1v) is 7.14. The molecule has 0 aromatic carbocycles. The number of halogens is 1. The first-order valence-electron chi connectivity index (χ1n) is 6.35. The normalized spacial score (nSPS) is 20.1. The Morgan fingerprint density at radius 1 is 1.29 bits per heavy atom. The predicted octanol–water partition coefficient (Wildman–Crippen LogP) is 4.17. The van der Waals surface area contributed by atoms with Crippen LogP contribution in [0.2, 0.25) is 0 Å². The Hall–Kier alpha value is -0.570. The summed E-state index contributed by atoms with van der Waals surface area (Å²) >= 11 is 3.51. The molecule has 0 spiro atoms. The van der Waals surface area contributed by atoms with Crippen LogP contribution in [-0.2, 0) is 0 Å². The summed E-state index contributed by atoms with van der Waals surface area (Å²) in [7, 11) is 0. The number of nitrogens with zero attached hydrogens (tertiary/aromatic N) is 2. The molecule has 3 heteroatoms. The Kier molecular flexibility index (Phi) is 3.76. The second-order valence-corrected chi connectivity index (χ2v) is 6.65. The monoisotopic (exact) mass is 296 g/mol. The van der Waals surface area contributed by atoms with Gasteiger partial charge in [0, 0.05) is 23.8 Å². The molecule has 94 valence electrons. The highest BCUT2D eigenvalue weighted by atomic mass is 79.9. The molecule has 0 N–H and O–H groups in total. The topological polar surface area (TPSA) is 16.1 Å². The maximum Gasteiger partial charge on any atom is 0.128 e. The molecule has 0 atom stereocenters. The predicted molar refractivity (Wildman–Crippen MR) is 76.5 cm³/mol. The molecule has 2 heterocycles. The lowest BCUT2D eigenvalue weighted by atomic mass is 9.85. The molecule has 2 nitrogen and oxygen atoms in total. The van der Waals surface area contributed by atoms with E-state index < -0.39 is 0 Å². The number of anilines is 1. The van der Waals surface area contributed by atoms with E-state index in [0.717, 1.165) is 23.4 Å². The Morgan fingerprint density at radius 2 is 2.06 bits per heavy atom. The van der Waals surface area contributed by atoms with Gasteiger partial charge in [0.1, 0.15) is 5.82 Å². The fourth-order valence-corrected chi connectivity index (χ4v) is 2.57. The van der Waals surface area contributed by atoms with Gasteiger partial charge in [0.15, 0.2) is 0 Å². The van der Waals surface area contributed by atoms with Gasteiger partial charge in [0.05, 0.1) is 0 Å². The van der Waals surface area contributed by atoms with E-state index in [4.69, 9.17) is 0 Å². The van der Waals surface area contributed by atoms with Gasteiger partial charge in [-0.3, -0.25) is 0 Å². The zero-order valence-electron chi connectivity index (χ0n) is 11.0. The summed E-state index contributed by atoms with van der Waals surface area (Å²) in [5.41, 5.74) is 1.75. The summed E-state index contributed by atoms with van der Waals surface area (Å²) in [6.45, 7) is 9.13. The number of pyridine rings is 1. The molecule has 1 aliphatic heterocycles. The molecular weight excluding hydrogens is 276 g/mol. The molecular formula is C14H21BrN2. The third kappa shape index (κ3) is 3.21. The van der Waals surface area contributed by atoms with Crippen molar-refractivity contribution in [3.05, 3.63) is 22.3 Å². The van der Waals surface area contributed by atoms with E-state index in [1.165, 1.54) is 24.8 Å². The smallest absolute Gasteiger partial charge is 0.128 e. The zero-order valence-corrected chi connectivity index (χ0v) is 12.5. The van der Waals surface area contributed by atoms with Crippen LogP contribution in [0.25, 0.3) is 0 Å². The first-order chi connectivity index (χ1) is 7.98. The fourth-order valence-electron chi connectivity index (χ4n) is 2.35. The third-order valence-electron chi connectivity index (χ3n) is 3.70. The second kappa shape index (κ2) is 4.97. The van der Waals surface area contributed by atoms with Gasteiger partial charge in [-0.05, 0) is 59.2 Å².